The second kappa shape index (κ2) is 10.5. The van der Waals surface area contributed by atoms with Crippen LogP contribution in [0.5, 0.6) is 0 Å². The minimum absolute atomic E-state index is 0.0133. The Balaban J connectivity index is 2.62. The summed E-state index contributed by atoms with van der Waals surface area (Å²) in [6, 6.07) is 7.71. The standard InChI is InChI=1S/C17H28N2O2S/c1-4-5-11-19(2)16-8-6-14(7-9-16)17(21)18-15(10-12-20)13-22-3/h6-9,15,20H,4-5,10-13H2,1-3H3,(H,18,21)/t15-/m1/s1. The average molecular weight is 324 g/mol. The molecule has 0 fully saturated rings. The number of hydrogen-bond donors (Lipinski definition) is 2. The lowest BCUT2D eigenvalue weighted by molar-refractivity contribution is 0.0935. The van der Waals surface area contributed by atoms with Crippen LogP contribution in [0.1, 0.15) is 36.5 Å². The van der Waals surface area contributed by atoms with Crippen LogP contribution in [-0.4, -0.2) is 49.3 Å². The maximum absolute atomic E-state index is 12.2. The van der Waals surface area contributed by atoms with Gasteiger partial charge in [-0.25, -0.2) is 0 Å². The van der Waals surface area contributed by atoms with Crippen LogP contribution in [0.15, 0.2) is 24.3 Å². The molecule has 0 bridgehead atoms. The van der Waals surface area contributed by atoms with Crippen molar-refractivity contribution in [2.45, 2.75) is 32.2 Å². The van der Waals surface area contributed by atoms with Gasteiger partial charge < -0.3 is 15.3 Å². The topological polar surface area (TPSA) is 52.6 Å². The summed E-state index contributed by atoms with van der Waals surface area (Å²) in [6.07, 6.45) is 4.92. The second-order valence-electron chi connectivity index (χ2n) is 5.46. The van der Waals surface area contributed by atoms with E-state index in [9.17, 15) is 4.79 Å². The van der Waals surface area contributed by atoms with Crippen molar-refractivity contribution in [1.82, 2.24) is 5.32 Å². The van der Waals surface area contributed by atoms with Gasteiger partial charge in [-0.3, -0.25) is 4.79 Å². The molecule has 0 radical (unpaired) electrons. The van der Waals surface area contributed by atoms with Crippen molar-refractivity contribution in [3.05, 3.63) is 29.8 Å². The fourth-order valence-corrected chi connectivity index (χ4v) is 2.87. The van der Waals surface area contributed by atoms with E-state index in [4.69, 9.17) is 5.11 Å². The Morgan fingerprint density at radius 2 is 2.05 bits per heavy atom. The van der Waals surface area contributed by atoms with E-state index >= 15 is 0 Å². The molecule has 4 nitrogen and oxygen atoms in total. The van der Waals surface area contributed by atoms with E-state index in [1.807, 2.05) is 30.5 Å². The fraction of sp³-hybridized carbons (Fsp3) is 0.588. The molecule has 0 heterocycles. The Bertz CT molecular complexity index is 431. The van der Waals surface area contributed by atoms with E-state index in [1.54, 1.807) is 11.8 Å². The van der Waals surface area contributed by atoms with E-state index in [0.29, 0.717) is 12.0 Å². The van der Waals surface area contributed by atoms with Gasteiger partial charge in [0.2, 0.25) is 0 Å². The van der Waals surface area contributed by atoms with Gasteiger partial charge in [-0.15, -0.1) is 0 Å². The van der Waals surface area contributed by atoms with Crippen molar-refractivity contribution in [1.29, 1.82) is 0 Å². The molecule has 0 spiro atoms. The number of amides is 1. The first-order valence-corrected chi connectivity index (χ1v) is 9.23. The quantitative estimate of drug-likeness (QED) is 0.695. The van der Waals surface area contributed by atoms with E-state index in [2.05, 4.69) is 24.2 Å². The predicted molar refractivity (Wildman–Crippen MR) is 96.0 cm³/mol. The third kappa shape index (κ3) is 6.28. The highest BCUT2D eigenvalue weighted by Gasteiger charge is 2.13. The zero-order valence-electron chi connectivity index (χ0n) is 13.8. The van der Waals surface area contributed by atoms with Crippen molar-refractivity contribution >= 4 is 23.4 Å². The van der Waals surface area contributed by atoms with Gasteiger partial charge in [0.1, 0.15) is 0 Å². The number of nitrogens with one attached hydrogen (secondary N) is 1. The number of aliphatic hydroxyl groups excluding tert-OH is 1. The molecule has 1 rings (SSSR count). The van der Waals surface area contributed by atoms with Crippen molar-refractivity contribution in [3.8, 4) is 0 Å². The summed E-state index contributed by atoms with van der Waals surface area (Å²) in [5.41, 5.74) is 1.79. The van der Waals surface area contributed by atoms with E-state index in [-0.39, 0.29) is 18.6 Å². The molecule has 22 heavy (non-hydrogen) atoms. The lowest BCUT2D eigenvalue weighted by Gasteiger charge is -2.20. The minimum Gasteiger partial charge on any atom is -0.396 e. The summed E-state index contributed by atoms with van der Waals surface area (Å²) in [5, 5.41) is 12.0. The van der Waals surface area contributed by atoms with Crippen LogP contribution in [0.3, 0.4) is 0 Å². The van der Waals surface area contributed by atoms with Crippen LogP contribution in [0.25, 0.3) is 0 Å². The summed E-state index contributed by atoms with van der Waals surface area (Å²) in [5.74, 6) is 0.736. The van der Waals surface area contributed by atoms with Crippen LogP contribution in [0, 0.1) is 0 Å². The van der Waals surface area contributed by atoms with Gasteiger partial charge >= 0.3 is 0 Å². The van der Waals surface area contributed by atoms with Gasteiger partial charge in [-0.1, -0.05) is 13.3 Å². The molecule has 1 aromatic rings. The molecule has 1 aromatic carbocycles. The number of benzene rings is 1. The van der Waals surface area contributed by atoms with Crippen molar-refractivity contribution in [3.63, 3.8) is 0 Å². The normalized spacial score (nSPS) is 12.0. The molecule has 0 aliphatic heterocycles. The molecule has 5 heteroatoms. The van der Waals surface area contributed by atoms with E-state index < -0.39 is 0 Å². The molecule has 0 saturated carbocycles. The molecular weight excluding hydrogens is 296 g/mol. The summed E-state index contributed by atoms with van der Waals surface area (Å²) in [4.78, 5) is 14.4. The monoisotopic (exact) mass is 324 g/mol. The number of carbonyl (C=O) groups excluding carboxylic acids is 1. The van der Waals surface area contributed by atoms with Crippen LogP contribution in [0.4, 0.5) is 5.69 Å². The number of hydrogen-bond acceptors (Lipinski definition) is 4. The summed E-state index contributed by atoms with van der Waals surface area (Å²) in [7, 11) is 2.07. The van der Waals surface area contributed by atoms with Crippen molar-refractivity contribution in [2.24, 2.45) is 0 Å². The summed E-state index contributed by atoms with van der Waals surface area (Å²) >= 11 is 1.67. The van der Waals surface area contributed by atoms with Crippen LogP contribution in [-0.2, 0) is 0 Å². The lowest BCUT2D eigenvalue weighted by atomic mass is 10.1. The fourth-order valence-electron chi connectivity index (χ4n) is 2.21. The molecule has 1 amide bonds. The van der Waals surface area contributed by atoms with Gasteiger partial charge in [0, 0.05) is 43.2 Å². The van der Waals surface area contributed by atoms with E-state index in [0.717, 1.165) is 24.4 Å². The number of thioether (sulfide) groups is 1. The van der Waals surface area contributed by atoms with Gasteiger partial charge in [0.25, 0.3) is 5.91 Å². The molecule has 1 atom stereocenters. The minimum atomic E-state index is -0.0738. The molecule has 0 aromatic heterocycles. The Labute approximate surface area is 138 Å². The number of anilines is 1. The maximum Gasteiger partial charge on any atom is 0.251 e. The smallest absolute Gasteiger partial charge is 0.251 e. The summed E-state index contributed by atoms with van der Waals surface area (Å²) in [6.45, 7) is 3.29. The number of rotatable bonds is 10. The van der Waals surface area contributed by atoms with Gasteiger partial charge in [0.05, 0.1) is 0 Å². The summed E-state index contributed by atoms with van der Waals surface area (Å²) < 4.78 is 0. The average Bonchev–Trinajstić information content (AvgIpc) is 2.53. The lowest BCUT2D eigenvalue weighted by Crippen LogP contribution is -2.37. The third-order valence-corrected chi connectivity index (χ3v) is 4.33. The first-order chi connectivity index (χ1) is 10.6. The Morgan fingerprint density at radius 3 is 2.59 bits per heavy atom. The number of nitrogens with zero attached hydrogens (tertiary/aromatic N) is 1. The molecule has 124 valence electrons. The Kier molecular flexibility index (Phi) is 9.01. The first-order valence-electron chi connectivity index (χ1n) is 7.84. The van der Waals surface area contributed by atoms with Crippen molar-refractivity contribution in [2.75, 3.05) is 37.1 Å². The molecule has 2 N–H and O–H groups in total. The molecule has 0 unspecified atom stereocenters. The highest BCUT2D eigenvalue weighted by atomic mass is 32.2. The molecular formula is C17H28N2O2S. The third-order valence-electron chi connectivity index (χ3n) is 3.60. The zero-order valence-corrected chi connectivity index (χ0v) is 14.7. The number of aliphatic hydroxyl groups is 1. The Morgan fingerprint density at radius 1 is 1.36 bits per heavy atom. The SMILES string of the molecule is CCCCN(C)c1ccc(C(=O)N[C@H](CCO)CSC)cc1. The second-order valence-corrected chi connectivity index (χ2v) is 6.37. The predicted octanol–water partition coefficient (Wildman–Crippen LogP) is 2.77. The van der Waals surface area contributed by atoms with Crippen LogP contribution in [0.2, 0.25) is 0 Å². The Hall–Kier alpha value is -1.20. The highest BCUT2D eigenvalue weighted by molar-refractivity contribution is 7.98. The highest BCUT2D eigenvalue weighted by Crippen LogP contribution is 2.15. The van der Waals surface area contributed by atoms with Gasteiger partial charge in [-0.2, -0.15) is 11.8 Å². The first kappa shape index (κ1) is 18.8. The van der Waals surface area contributed by atoms with Crippen molar-refractivity contribution < 1.29 is 9.90 Å². The molecule has 0 aliphatic carbocycles. The number of unbranched alkanes of at least 4 members (excludes halogenated alkanes) is 1. The van der Waals surface area contributed by atoms with Crippen LogP contribution < -0.4 is 10.2 Å². The van der Waals surface area contributed by atoms with Gasteiger partial charge in [-0.05, 0) is 43.4 Å². The van der Waals surface area contributed by atoms with E-state index in [1.165, 1.54) is 6.42 Å². The number of carbonyl (C=O) groups is 1. The van der Waals surface area contributed by atoms with Crippen LogP contribution >= 0.6 is 11.8 Å². The van der Waals surface area contributed by atoms with Gasteiger partial charge in [0.15, 0.2) is 0 Å². The zero-order chi connectivity index (χ0) is 16.4. The maximum atomic E-state index is 12.2. The largest absolute Gasteiger partial charge is 0.396 e. The molecule has 0 aliphatic rings. The molecule has 0 saturated heterocycles.